The number of hydrogen-bond acceptors (Lipinski definition) is 7. The Morgan fingerprint density at radius 2 is 1.93 bits per heavy atom. The highest BCUT2D eigenvalue weighted by molar-refractivity contribution is 5.89. The summed E-state index contributed by atoms with van der Waals surface area (Å²) in [5.74, 6) is 0.272. The Kier molecular flexibility index (Phi) is 8.60. The summed E-state index contributed by atoms with van der Waals surface area (Å²) >= 11 is 0. The van der Waals surface area contributed by atoms with Crippen LogP contribution in [0.15, 0.2) is 59.2 Å². The van der Waals surface area contributed by atoms with Crippen molar-refractivity contribution >= 4 is 23.2 Å². The Hall–Kier alpha value is -3.89. The summed E-state index contributed by atoms with van der Waals surface area (Å²) in [6.45, 7) is 3.97. The minimum atomic E-state index is -1.11. The van der Waals surface area contributed by atoms with E-state index in [1.807, 2.05) is 29.2 Å². The van der Waals surface area contributed by atoms with Crippen LogP contribution in [0.5, 0.6) is 0 Å². The second-order valence-electron chi connectivity index (χ2n) is 11.2. The largest absolute Gasteiger partial charge is 0.388 e. The minimum absolute atomic E-state index is 0.0965. The molecule has 1 aliphatic carbocycles. The molecule has 0 bridgehead atoms. The second-order valence-corrected chi connectivity index (χ2v) is 11.2. The average molecular weight is 559 g/mol. The zero-order chi connectivity index (χ0) is 29.0. The molecule has 1 amide bonds. The first-order chi connectivity index (χ1) is 19.8. The van der Waals surface area contributed by atoms with Gasteiger partial charge in [-0.3, -0.25) is 18.8 Å². The summed E-state index contributed by atoms with van der Waals surface area (Å²) in [7, 11) is 1.78. The van der Waals surface area contributed by atoms with E-state index in [9.17, 15) is 19.5 Å². The Bertz CT molecular complexity index is 1530. The van der Waals surface area contributed by atoms with Gasteiger partial charge in [-0.05, 0) is 42.7 Å². The van der Waals surface area contributed by atoms with E-state index in [4.69, 9.17) is 0 Å². The Balaban J connectivity index is 1.25. The summed E-state index contributed by atoms with van der Waals surface area (Å²) in [5, 5.41) is 18.9. The van der Waals surface area contributed by atoms with Crippen molar-refractivity contribution in [3.63, 3.8) is 0 Å². The third-order valence-electron chi connectivity index (χ3n) is 8.18. The quantitative estimate of drug-likeness (QED) is 0.290. The summed E-state index contributed by atoms with van der Waals surface area (Å²) in [5.41, 5.74) is 3.20. The number of nitrogens with zero attached hydrogens (tertiary/aromatic N) is 5. The van der Waals surface area contributed by atoms with Gasteiger partial charge in [0, 0.05) is 38.7 Å². The van der Waals surface area contributed by atoms with E-state index in [0.29, 0.717) is 51.0 Å². The normalized spacial score (nSPS) is 17.4. The van der Waals surface area contributed by atoms with E-state index in [2.05, 4.69) is 40.6 Å². The predicted molar refractivity (Wildman–Crippen MR) is 157 cm³/mol. The van der Waals surface area contributed by atoms with Gasteiger partial charge in [0.2, 0.25) is 5.91 Å². The third-order valence-corrected chi connectivity index (χ3v) is 8.18. The smallest absolute Gasteiger partial charge is 0.281 e. The summed E-state index contributed by atoms with van der Waals surface area (Å²) < 4.78 is 3.09. The molecule has 0 spiro atoms. The van der Waals surface area contributed by atoms with Gasteiger partial charge in [0.05, 0.1) is 30.7 Å². The number of aliphatic hydroxyl groups is 1. The number of benzene rings is 1. The van der Waals surface area contributed by atoms with Gasteiger partial charge in [-0.25, -0.2) is 4.98 Å². The molecule has 10 nitrogen and oxygen atoms in total. The fourth-order valence-electron chi connectivity index (χ4n) is 5.74. The molecule has 3 aromatic rings. The van der Waals surface area contributed by atoms with Crippen LogP contribution in [0.25, 0.3) is 22.3 Å². The number of aromatic nitrogens is 4. The predicted octanol–water partition coefficient (Wildman–Crippen LogP) is 2.74. The summed E-state index contributed by atoms with van der Waals surface area (Å²) in [6.07, 6.45) is 12.1. The van der Waals surface area contributed by atoms with E-state index < -0.39 is 5.60 Å². The molecule has 1 aliphatic heterocycles. The van der Waals surface area contributed by atoms with Crippen LogP contribution in [0, 0.1) is 5.92 Å². The van der Waals surface area contributed by atoms with Crippen molar-refractivity contribution in [3.8, 4) is 11.3 Å². The Labute approximate surface area is 239 Å². The highest BCUT2D eigenvalue weighted by atomic mass is 16.3. The van der Waals surface area contributed by atoms with Gasteiger partial charge in [-0.1, -0.05) is 49.4 Å². The number of amides is 1. The zero-order valence-electron chi connectivity index (χ0n) is 23.8. The van der Waals surface area contributed by atoms with Gasteiger partial charge >= 0.3 is 0 Å². The van der Waals surface area contributed by atoms with Gasteiger partial charge in [0.15, 0.2) is 5.52 Å². The van der Waals surface area contributed by atoms with E-state index in [1.54, 1.807) is 11.7 Å². The number of carbonyl (C=O) groups excluding carboxylic acids is 2. The lowest BCUT2D eigenvalue weighted by atomic mass is 9.89. The molecule has 1 unspecified atom stereocenters. The first-order valence-electron chi connectivity index (χ1n) is 14.3. The van der Waals surface area contributed by atoms with Crippen molar-refractivity contribution in [2.75, 3.05) is 19.6 Å². The third kappa shape index (κ3) is 6.39. The lowest BCUT2D eigenvalue weighted by Gasteiger charge is -2.38. The monoisotopic (exact) mass is 558 g/mol. The summed E-state index contributed by atoms with van der Waals surface area (Å²) in [6, 6.07) is 7.82. The number of piperidine rings is 1. The van der Waals surface area contributed by atoms with E-state index >= 15 is 0 Å². The molecule has 1 aromatic carbocycles. The number of rotatable bonds is 10. The van der Waals surface area contributed by atoms with Crippen molar-refractivity contribution < 1.29 is 14.7 Å². The molecular formula is C31H38N6O4. The number of aryl methyl sites for hydroxylation is 1. The highest BCUT2D eigenvalue weighted by Crippen LogP contribution is 2.28. The molecule has 1 atom stereocenters. The maximum Gasteiger partial charge on any atom is 0.281 e. The van der Waals surface area contributed by atoms with Crippen molar-refractivity contribution in [1.29, 1.82) is 0 Å². The van der Waals surface area contributed by atoms with E-state index in [1.165, 1.54) is 16.5 Å². The topological polar surface area (TPSA) is 122 Å². The lowest BCUT2D eigenvalue weighted by Crippen LogP contribution is -2.49. The molecule has 41 heavy (non-hydrogen) atoms. The van der Waals surface area contributed by atoms with Gasteiger partial charge in [0.25, 0.3) is 5.56 Å². The van der Waals surface area contributed by atoms with Crippen LogP contribution in [0.3, 0.4) is 0 Å². The number of aldehydes is 1. The first-order valence-corrected chi connectivity index (χ1v) is 14.3. The number of hydrogen-bond donors (Lipinski definition) is 2. The Morgan fingerprint density at radius 3 is 2.61 bits per heavy atom. The van der Waals surface area contributed by atoms with Crippen molar-refractivity contribution in [1.82, 2.24) is 29.5 Å². The molecule has 2 N–H and O–H groups in total. The molecule has 0 radical (unpaired) electrons. The van der Waals surface area contributed by atoms with E-state index in [-0.39, 0.29) is 29.4 Å². The highest BCUT2D eigenvalue weighted by Gasteiger charge is 2.35. The fourth-order valence-corrected chi connectivity index (χ4v) is 5.74. The van der Waals surface area contributed by atoms with Crippen molar-refractivity contribution in [3.05, 3.63) is 70.3 Å². The molecule has 2 aliphatic rings. The number of likely N-dealkylation sites (tertiary alicyclic amines) is 1. The second kappa shape index (κ2) is 12.3. The average Bonchev–Trinajstić information content (AvgIpc) is 3.32. The molecule has 0 saturated carbocycles. The van der Waals surface area contributed by atoms with Crippen LogP contribution >= 0.6 is 0 Å². The van der Waals surface area contributed by atoms with Gasteiger partial charge in [-0.2, -0.15) is 5.10 Å². The molecule has 1 fully saturated rings. The van der Waals surface area contributed by atoms with E-state index in [0.717, 1.165) is 35.9 Å². The number of nitrogens with one attached hydrogen (secondary N) is 1. The van der Waals surface area contributed by atoms with Gasteiger partial charge in [-0.15, -0.1) is 0 Å². The summed E-state index contributed by atoms with van der Waals surface area (Å²) in [4.78, 5) is 43.3. The van der Waals surface area contributed by atoms with Crippen LogP contribution in [-0.2, 0) is 29.7 Å². The van der Waals surface area contributed by atoms with Crippen LogP contribution in [0.1, 0.15) is 44.6 Å². The SMILES string of the molecule is CC(CC(=O)N1CCC(O)(Cn2cnc3c(-c4ccc(CNCC=O)cc4)n(C)nc3c2=O)CC1)C1=CCCC=C1. The van der Waals surface area contributed by atoms with Crippen LogP contribution < -0.4 is 10.9 Å². The number of allylic oxidation sites excluding steroid dienone is 4. The minimum Gasteiger partial charge on any atom is -0.388 e. The number of fused-ring (bicyclic) bond motifs is 1. The Morgan fingerprint density at radius 1 is 1.17 bits per heavy atom. The standard InChI is InChI=1S/C31H38N6O4/c1-22(24-6-4-3-5-7-24)18-26(39)36-15-12-31(41,13-16-36)20-37-21-33-27-28(30(37)40)34-35(2)29(27)25-10-8-23(9-11-25)19-32-14-17-38/h4,6-11,17,21-22,32,41H,3,5,12-16,18-20H2,1-2H3. The zero-order valence-corrected chi connectivity index (χ0v) is 23.8. The van der Waals surface area contributed by atoms with Crippen LogP contribution in [0.4, 0.5) is 0 Å². The molecule has 216 valence electrons. The molecular weight excluding hydrogens is 520 g/mol. The van der Waals surface area contributed by atoms with Gasteiger partial charge in [0.1, 0.15) is 11.8 Å². The number of carbonyl (C=O) groups is 2. The first kappa shape index (κ1) is 28.6. The van der Waals surface area contributed by atoms with Crippen LogP contribution in [-0.4, -0.2) is 66.8 Å². The van der Waals surface area contributed by atoms with Crippen molar-refractivity contribution in [2.45, 2.75) is 57.7 Å². The molecule has 2 aromatic heterocycles. The van der Waals surface area contributed by atoms with Gasteiger partial charge < -0.3 is 20.1 Å². The molecule has 3 heterocycles. The fraction of sp³-hybridized carbons (Fsp3) is 0.452. The molecule has 10 heteroatoms. The maximum absolute atomic E-state index is 13.4. The lowest BCUT2D eigenvalue weighted by molar-refractivity contribution is -0.136. The maximum atomic E-state index is 13.4. The molecule has 5 rings (SSSR count). The van der Waals surface area contributed by atoms with Crippen molar-refractivity contribution in [2.24, 2.45) is 13.0 Å². The molecule has 1 saturated heterocycles. The van der Waals surface area contributed by atoms with Crippen LogP contribution in [0.2, 0.25) is 0 Å².